The zero-order chi connectivity index (χ0) is 54.0. The molecule has 11 heteroatoms. The van der Waals surface area contributed by atoms with Crippen LogP contribution in [-0.2, 0) is 14.3 Å². The lowest BCUT2D eigenvalue weighted by molar-refractivity contribution is -0.303. The van der Waals surface area contributed by atoms with Crippen LogP contribution < -0.4 is 5.32 Å². The average molecular weight is 1050 g/mol. The number of allylic oxidation sites excluding steroid dienone is 8. The second kappa shape index (κ2) is 51.8. The molecule has 1 saturated heterocycles. The van der Waals surface area contributed by atoms with Gasteiger partial charge in [0, 0.05) is 0 Å². The van der Waals surface area contributed by atoms with E-state index in [1.54, 1.807) is 0 Å². The highest BCUT2D eigenvalue weighted by Crippen LogP contribution is 2.23. The van der Waals surface area contributed by atoms with E-state index < -0.39 is 74.2 Å². The number of hydrogen-bond donors (Lipinski definition) is 8. The van der Waals surface area contributed by atoms with E-state index in [9.17, 15) is 40.5 Å². The maximum Gasteiger partial charge on any atom is 0.249 e. The van der Waals surface area contributed by atoms with Crippen molar-refractivity contribution in [2.75, 3.05) is 13.2 Å². The Morgan fingerprint density at radius 2 is 0.811 bits per heavy atom. The van der Waals surface area contributed by atoms with Crippen molar-refractivity contribution < 1.29 is 50.0 Å². The van der Waals surface area contributed by atoms with Crippen molar-refractivity contribution >= 4 is 5.91 Å². The smallest absolute Gasteiger partial charge is 0.249 e. The summed E-state index contributed by atoms with van der Waals surface area (Å²) in [7, 11) is 0. The number of amides is 1. The summed E-state index contributed by atoms with van der Waals surface area (Å²) in [6.07, 6.45) is 54.7. The number of hydrogen-bond acceptors (Lipinski definition) is 10. The predicted octanol–water partition coefficient (Wildman–Crippen LogP) is 13.6. The van der Waals surface area contributed by atoms with Gasteiger partial charge in [0.25, 0.3) is 0 Å². The second-order valence-electron chi connectivity index (χ2n) is 21.7. The minimum absolute atomic E-state index is 0.239. The average Bonchev–Trinajstić information content (AvgIpc) is 3.40. The van der Waals surface area contributed by atoms with Crippen LogP contribution in [0.4, 0.5) is 0 Å². The molecule has 0 aliphatic carbocycles. The molecule has 1 rings (SSSR count). The van der Waals surface area contributed by atoms with Gasteiger partial charge in [0.1, 0.15) is 36.6 Å². The van der Waals surface area contributed by atoms with Gasteiger partial charge in [-0.25, -0.2) is 0 Å². The molecular weight excluding hydrogens is 931 g/mol. The Labute approximate surface area is 453 Å². The van der Waals surface area contributed by atoms with E-state index >= 15 is 0 Å². The van der Waals surface area contributed by atoms with Crippen molar-refractivity contribution in [2.24, 2.45) is 0 Å². The lowest BCUT2D eigenvalue weighted by Gasteiger charge is -2.40. The van der Waals surface area contributed by atoms with Gasteiger partial charge in [-0.15, -0.1) is 0 Å². The first-order valence-electron chi connectivity index (χ1n) is 31.0. The van der Waals surface area contributed by atoms with Crippen molar-refractivity contribution in [3.8, 4) is 0 Å². The number of aliphatic hydroxyl groups excluding tert-OH is 7. The lowest BCUT2D eigenvalue weighted by Crippen LogP contribution is -2.60. The van der Waals surface area contributed by atoms with E-state index in [1.165, 1.54) is 167 Å². The predicted molar refractivity (Wildman–Crippen MR) is 307 cm³/mol. The number of rotatable bonds is 53. The highest BCUT2D eigenvalue weighted by atomic mass is 16.7. The Bertz CT molecular complexity index is 1340. The molecule has 434 valence electrons. The van der Waals surface area contributed by atoms with Gasteiger partial charge in [-0.2, -0.15) is 0 Å². The van der Waals surface area contributed by atoms with Gasteiger partial charge >= 0.3 is 0 Å². The topological polar surface area (TPSA) is 189 Å². The Hall–Kier alpha value is -1.93. The summed E-state index contributed by atoms with van der Waals surface area (Å²) >= 11 is 0. The Kier molecular flexibility index (Phi) is 49.1. The molecule has 8 N–H and O–H groups in total. The number of unbranched alkanes of at least 4 members (excludes halogenated alkanes) is 33. The second-order valence-corrected chi connectivity index (χ2v) is 21.7. The molecule has 0 aromatic heterocycles. The number of aliphatic hydroxyl groups is 7. The van der Waals surface area contributed by atoms with E-state index in [-0.39, 0.29) is 12.8 Å². The summed E-state index contributed by atoms with van der Waals surface area (Å²) in [4.78, 5) is 13.2. The Balaban J connectivity index is 2.29. The van der Waals surface area contributed by atoms with Gasteiger partial charge in [-0.3, -0.25) is 4.79 Å². The summed E-state index contributed by atoms with van der Waals surface area (Å²) in [6, 6.07) is -1.20. The van der Waals surface area contributed by atoms with E-state index in [2.05, 4.69) is 67.8 Å². The lowest BCUT2D eigenvalue weighted by atomic mass is 9.98. The summed E-state index contributed by atoms with van der Waals surface area (Å²) in [5.74, 6) is -0.717. The van der Waals surface area contributed by atoms with Crippen LogP contribution >= 0.6 is 0 Å². The highest BCUT2D eigenvalue weighted by molar-refractivity contribution is 5.80. The van der Waals surface area contributed by atoms with E-state index in [4.69, 9.17) is 9.47 Å². The summed E-state index contributed by atoms with van der Waals surface area (Å²) in [5, 5.41) is 76.1. The van der Waals surface area contributed by atoms with Crippen molar-refractivity contribution in [3.63, 3.8) is 0 Å². The third-order valence-electron chi connectivity index (χ3n) is 14.8. The number of ether oxygens (including phenoxy) is 2. The van der Waals surface area contributed by atoms with Gasteiger partial charge in [-0.05, 0) is 89.9 Å². The SMILES string of the molecule is CCCCCCCC/C=C\CCCCCCCCC(O)C(=O)NC(COC1OC(CO)C(O)C(O)C1O)C(O)C(O)CCC/C=C/CC/C=C/CC/C=C/CCCCCCCCCCCCCCCCCCCC. The van der Waals surface area contributed by atoms with Crippen molar-refractivity contribution in [1.29, 1.82) is 0 Å². The molecule has 74 heavy (non-hydrogen) atoms. The molecule has 9 unspecified atom stereocenters. The van der Waals surface area contributed by atoms with Gasteiger partial charge in [0.05, 0.1) is 25.4 Å². The monoisotopic (exact) mass is 1050 g/mol. The third-order valence-corrected chi connectivity index (χ3v) is 14.8. The van der Waals surface area contributed by atoms with Crippen LogP contribution in [0.1, 0.15) is 277 Å². The van der Waals surface area contributed by atoms with Crippen LogP contribution in [0.15, 0.2) is 48.6 Å². The van der Waals surface area contributed by atoms with Gasteiger partial charge < -0.3 is 50.5 Å². The van der Waals surface area contributed by atoms with Crippen molar-refractivity contribution in [3.05, 3.63) is 48.6 Å². The summed E-state index contributed by atoms with van der Waals surface area (Å²) in [5.41, 5.74) is 0. The van der Waals surface area contributed by atoms with Gasteiger partial charge in [0.15, 0.2) is 6.29 Å². The largest absolute Gasteiger partial charge is 0.394 e. The molecule has 0 aromatic rings. The maximum atomic E-state index is 13.2. The first-order chi connectivity index (χ1) is 36.2. The molecule has 1 heterocycles. The number of carbonyl (C=O) groups excluding carboxylic acids is 1. The standard InChI is InChI=1S/C63H117NO10/c1-3-5-7-9-11-13-15-17-19-21-22-23-24-25-26-27-28-29-30-31-32-33-34-35-37-38-40-42-44-46-48-50-55(66)58(68)54(53-73-63-61(71)60(70)59(69)57(52-65)74-63)64-62(72)56(67)51-49-47-45-43-41-39-36-20-18-16-14-12-10-8-6-4-2/h18,20,31-32,35,37,42,44,54-61,63,65-71H,3-17,19,21-30,33-34,36,38-41,43,45-53H2,1-2H3,(H,64,72)/b20-18-,32-31+,37-35+,44-42+. The maximum absolute atomic E-state index is 13.2. The van der Waals surface area contributed by atoms with Crippen LogP contribution in [0.3, 0.4) is 0 Å². The summed E-state index contributed by atoms with van der Waals surface area (Å²) in [6.45, 7) is 3.44. The Morgan fingerprint density at radius 1 is 0.459 bits per heavy atom. The quantitative estimate of drug-likeness (QED) is 0.0215. The Morgan fingerprint density at radius 3 is 1.20 bits per heavy atom. The van der Waals surface area contributed by atoms with E-state index in [0.29, 0.717) is 19.3 Å². The van der Waals surface area contributed by atoms with Crippen LogP contribution in [-0.4, -0.2) is 110 Å². The molecule has 1 aliphatic rings. The van der Waals surface area contributed by atoms with Crippen LogP contribution in [0.2, 0.25) is 0 Å². The van der Waals surface area contributed by atoms with Gasteiger partial charge in [-0.1, -0.05) is 236 Å². The summed E-state index contributed by atoms with van der Waals surface area (Å²) < 4.78 is 11.1. The fraction of sp³-hybridized carbons (Fsp3) is 0.857. The molecule has 9 atom stereocenters. The van der Waals surface area contributed by atoms with Crippen molar-refractivity contribution in [2.45, 2.75) is 332 Å². The first-order valence-corrected chi connectivity index (χ1v) is 31.0. The van der Waals surface area contributed by atoms with Crippen LogP contribution in [0.5, 0.6) is 0 Å². The van der Waals surface area contributed by atoms with Gasteiger partial charge in [0.2, 0.25) is 5.91 Å². The zero-order valence-electron chi connectivity index (χ0n) is 47.6. The number of nitrogens with one attached hydrogen (secondary N) is 1. The van der Waals surface area contributed by atoms with E-state index in [0.717, 1.165) is 64.2 Å². The molecule has 0 aromatic carbocycles. The number of carbonyl (C=O) groups is 1. The normalized spacial score (nSPS) is 20.1. The van der Waals surface area contributed by atoms with Crippen LogP contribution in [0, 0.1) is 0 Å². The van der Waals surface area contributed by atoms with Crippen LogP contribution in [0.25, 0.3) is 0 Å². The molecular formula is C63H117NO10. The van der Waals surface area contributed by atoms with E-state index in [1.807, 2.05) is 0 Å². The molecule has 0 saturated carbocycles. The first kappa shape index (κ1) is 70.1. The molecule has 1 amide bonds. The molecule has 0 radical (unpaired) electrons. The molecule has 1 aliphatic heterocycles. The molecule has 0 spiro atoms. The molecule has 1 fully saturated rings. The minimum atomic E-state index is -1.68. The zero-order valence-corrected chi connectivity index (χ0v) is 47.6. The molecule has 0 bridgehead atoms. The fourth-order valence-corrected chi connectivity index (χ4v) is 9.76. The third kappa shape index (κ3) is 39.4. The highest BCUT2D eigenvalue weighted by Gasteiger charge is 2.44. The van der Waals surface area contributed by atoms with Crippen molar-refractivity contribution in [1.82, 2.24) is 5.32 Å². The molecule has 11 nitrogen and oxygen atoms in total. The minimum Gasteiger partial charge on any atom is -0.394 e. The fourth-order valence-electron chi connectivity index (χ4n) is 9.76.